The highest BCUT2D eigenvalue weighted by molar-refractivity contribution is 9.10. The lowest BCUT2D eigenvalue weighted by atomic mass is 10.1. The van der Waals surface area contributed by atoms with Gasteiger partial charge in [-0.25, -0.2) is 4.98 Å². The van der Waals surface area contributed by atoms with Crippen molar-refractivity contribution in [2.45, 2.75) is 18.9 Å². The van der Waals surface area contributed by atoms with Gasteiger partial charge in [-0.15, -0.1) is 0 Å². The van der Waals surface area contributed by atoms with E-state index in [0.717, 1.165) is 40.6 Å². The SMILES string of the molecule is O=C(Cc1ccccc1Br)N1CCC(n2cnc3ccccc32)C1. The predicted octanol–water partition coefficient (Wildman–Crippen LogP) is 3.81. The molecule has 0 radical (unpaired) electrons. The number of carbonyl (C=O) groups excluding carboxylic acids is 1. The van der Waals surface area contributed by atoms with E-state index >= 15 is 0 Å². The first-order valence-electron chi connectivity index (χ1n) is 8.15. The third-order valence-electron chi connectivity index (χ3n) is 4.69. The van der Waals surface area contributed by atoms with Crippen molar-refractivity contribution in [3.8, 4) is 0 Å². The van der Waals surface area contributed by atoms with Gasteiger partial charge in [-0.2, -0.15) is 0 Å². The molecule has 3 aromatic rings. The number of fused-ring (bicyclic) bond motifs is 1. The summed E-state index contributed by atoms with van der Waals surface area (Å²) in [7, 11) is 0. The minimum absolute atomic E-state index is 0.189. The van der Waals surface area contributed by atoms with Crippen LogP contribution in [0.2, 0.25) is 0 Å². The average Bonchev–Trinajstić information content (AvgIpc) is 3.23. The number of imidazole rings is 1. The summed E-state index contributed by atoms with van der Waals surface area (Å²) in [6.45, 7) is 1.56. The van der Waals surface area contributed by atoms with Crippen molar-refractivity contribution in [2.24, 2.45) is 0 Å². The molecule has 4 nitrogen and oxygen atoms in total. The maximum atomic E-state index is 12.6. The fourth-order valence-corrected chi connectivity index (χ4v) is 3.81. The van der Waals surface area contributed by atoms with Crippen LogP contribution in [0.25, 0.3) is 11.0 Å². The minimum Gasteiger partial charge on any atom is -0.340 e. The number of para-hydroxylation sites is 2. The third-order valence-corrected chi connectivity index (χ3v) is 5.46. The van der Waals surface area contributed by atoms with Gasteiger partial charge in [0.05, 0.1) is 29.8 Å². The van der Waals surface area contributed by atoms with Gasteiger partial charge in [0, 0.05) is 17.6 Å². The number of carbonyl (C=O) groups is 1. The molecular formula is C19H18BrN3O. The molecule has 1 amide bonds. The van der Waals surface area contributed by atoms with Crippen LogP contribution in [-0.4, -0.2) is 33.4 Å². The second-order valence-electron chi connectivity index (χ2n) is 6.19. The zero-order chi connectivity index (χ0) is 16.5. The Morgan fingerprint density at radius 2 is 1.96 bits per heavy atom. The molecular weight excluding hydrogens is 366 g/mol. The van der Waals surface area contributed by atoms with Crippen LogP contribution in [0.4, 0.5) is 0 Å². The molecule has 0 saturated carbocycles. The zero-order valence-electron chi connectivity index (χ0n) is 13.2. The third kappa shape index (κ3) is 2.84. The Balaban J connectivity index is 1.48. The van der Waals surface area contributed by atoms with Crippen molar-refractivity contribution in [3.05, 3.63) is 64.9 Å². The van der Waals surface area contributed by atoms with Gasteiger partial charge in [0.15, 0.2) is 0 Å². The molecule has 1 aliphatic rings. The zero-order valence-corrected chi connectivity index (χ0v) is 14.8. The Labute approximate surface area is 149 Å². The number of nitrogens with zero attached hydrogens (tertiary/aromatic N) is 3. The second kappa shape index (κ2) is 6.40. The smallest absolute Gasteiger partial charge is 0.227 e. The van der Waals surface area contributed by atoms with Crippen LogP contribution < -0.4 is 0 Å². The van der Waals surface area contributed by atoms with Crippen molar-refractivity contribution in [3.63, 3.8) is 0 Å². The lowest BCUT2D eigenvalue weighted by Crippen LogP contribution is -2.30. The fraction of sp³-hybridized carbons (Fsp3) is 0.263. The number of hydrogen-bond donors (Lipinski definition) is 0. The monoisotopic (exact) mass is 383 g/mol. The molecule has 1 aromatic heterocycles. The number of amides is 1. The van der Waals surface area contributed by atoms with E-state index in [9.17, 15) is 4.79 Å². The van der Waals surface area contributed by atoms with E-state index in [1.165, 1.54) is 0 Å². The van der Waals surface area contributed by atoms with Crippen LogP contribution in [0, 0.1) is 0 Å². The number of likely N-dealkylation sites (tertiary alicyclic amines) is 1. The van der Waals surface area contributed by atoms with Gasteiger partial charge in [-0.05, 0) is 30.2 Å². The Morgan fingerprint density at radius 3 is 2.83 bits per heavy atom. The summed E-state index contributed by atoms with van der Waals surface area (Å²) >= 11 is 3.52. The Bertz CT molecular complexity index is 889. The highest BCUT2D eigenvalue weighted by Gasteiger charge is 2.28. The normalized spacial score (nSPS) is 17.5. The van der Waals surface area contributed by atoms with Crippen LogP contribution in [0.15, 0.2) is 59.3 Å². The molecule has 0 spiro atoms. The van der Waals surface area contributed by atoms with Gasteiger partial charge in [-0.1, -0.05) is 46.3 Å². The van der Waals surface area contributed by atoms with Crippen molar-refractivity contribution in [1.29, 1.82) is 0 Å². The molecule has 122 valence electrons. The lowest BCUT2D eigenvalue weighted by Gasteiger charge is -2.18. The number of rotatable bonds is 3. The molecule has 1 fully saturated rings. The maximum Gasteiger partial charge on any atom is 0.227 e. The van der Waals surface area contributed by atoms with Crippen LogP contribution in [-0.2, 0) is 11.2 Å². The van der Waals surface area contributed by atoms with Gasteiger partial charge in [0.1, 0.15) is 0 Å². The fourth-order valence-electron chi connectivity index (χ4n) is 3.38. The summed E-state index contributed by atoms with van der Waals surface area (Å²) in [5.41, 5.74) is 3.19. The number of hydrogen-bond acceptors (Lipinski definition) is 2. The van der Waals surface area contributed by atoms with Crippen LogP contribution in [0.5, 0.6) is 0 Å². The van der Waals surface area contributed by atoms with Crippen LogP contribution in [0.1, 0.15) is 18.0 Å². The summed E-state index contributed by atoms with van der Waals surface area (Å²) in [5.74, 6) is 0.189. The number of aromatic nitrogens is 2. The topological polar surface area (TPSA) is 38.1 Å². The molecule has 0 aliphatic carbocycles. The molecule has 1 aliphatic heterocycles. The molecule has 4 rings (SSSR count). The predicted molar refractivity (Wildman–Crippen MR) is 97.8 cm³/mol. The first-order valence-corrected chi connectivity index (χ1v) is 8.94. The molecule has 0 N–H and O–H groups in total. The average molecular weight is 384 g/mol. The highest BCUT2D eigenvalue weighted by Crippen LogP contribution is 2.26. The largest absolute Gasteiger partial charge is 0.340 e. The first kappa shape index (κ1) is 15.4. The molecule has 0 bridgehead atoms. The van der Waals surface area contributed by atoms with Crippen molar-refractivity contribution < 1.29 is 4.79 Å². The van der Waals surface area contributed by atoms with Gasteiger partial charge >= 0.3 is 0 Å². The molecule has 5 heteroatoms. The van der Waals surface area contributed by atoms with Crippen molar-refractivity contribution >= 4 is 32.9 Å². The van der Waals surface area contributed by atoms with Gasteiger partial charge in [-0.3, -0.25) is 4.79 Å². The number of benzene rings is 2. The first-order chi connectivity index (χ1) is 11.7. The Hall–Kier alpha value is -2.14. The molecule has 2 heterocycles. The number of halogens is 1. The molecule has 1 unspecified atom stereocenters. The van der Waals surface area contributed by atoms with Crippen molar-refractivity contribution in [2.75, 3.05) is 13.1 Å². The van der Waals surface area contributed by atoms with E-state index < -0.39 is 0 Å². The minimum atomic E-state index is 0.189. The lowest BCUT2D eigenvalue weighted by molar-refractivity contribution is -0.129. The van der Waals surface area contributed by atoms with E-state index in [0.29, 0.717) is 12.5 Å². The van der Waals surface area contributed by atoms with Gasteiger partial charge in [0.2, 0.25) is 5.91 Å². The summed E-state index contributed by atoms with van der Waals surface area (Å²) in [4.78, 5) is 19.1. The van der Waals surface area contributed by atoms with Crippen LogP contribution >= 0.6 is 15.9 Å². The van der Waals surface area contributed by atoms with Gasteiger partial charge < -0.3 is 9.47 Å². The summed E-state index contributed by atoms with van der Waals surface area (Å²) in [6.07, 6.45) is 3.32. The molecule has 2 aromatic carbocycles. The molecule has 1 atom stereocenters. The molecule has 24 heavy (non-hydrogen) atoms. The Kier molecular flexibility index (Phi) is 4.10. The second-order valence-corrected chi connectivity index (χ2v) is 7.05. The standard InChI is InChI=1S/C19H18BrN3O/c20-16-6-2-1-5-14(16)11-19(24)22-10-9-15(12-22)23-13-21-17-7-3-4-8-18(17)23/h1-8,13,15H,9-12H2. The van der Waals surface area contributed by atoms with E-state index in [1.54, 1.807) is 0 Å². The maximum absolute atomic E-state index is 12.6. The van der Waals surface area contributed by atoms with Crippen LogP contribution in [0.3, 0.4) is 0 Å². The summed E-state index contributed by atoms with van der Waals surface area (Å²) < 4.78 is 3.20. The molecule has 1 saturated heterocycles. The highest BCUT2D eigenvalue weighted by atomic mass is 79.9. The summed E-state index contributed by atoms with van der Waals surface area (Å²) in [5, 5.41) is 0. The van der Waals surface area contributed by atoms with E-state index in [-0.39, 0.29) is 5.91 Å². The van der Waals surface area contributed by atoms with E-state index in [2.05, 4.69) is 31.5 Å². The quantitative estimate of drug-likeness (QED) is 0.689. The van der Waals surface area contributed by atoms with E-state index in [4.69, 9.17) is 0 Å². The summed E-state index contributed by atoms with van der Waals surface area (Å²) in [6, 6.07) is 16.4. The van der Waals surface area contributed by atoms with E-state index in [1.807, 2.05) is 53.7 Å². The Morgan fingerprint density at radius 1 is 1.17 bits per heavy atom. The van der Waals surface area contributed by atoms with Gasteiger partial charge in [0.25, 0.3) is 0 Å². The van der Waals surface area contributed by atoms with Crippen molar-refractivity contribution in [1.82, 2.24) is 14.5 Å².